The molecule has 2 aliphatic heterocycles. The highest BCUT2D eigenvalue weighted by Crippen LogP contribution is 2.49. The number of nitrogens with zero attached hydrogens (tertiary/aromatic N) is 2. The number of aromatic nitrogens is 4. The smallest absolute Gasteiger partial charge is 0.330 e. The van der Waals surface area contributed by atoms with Crippen LogP contribution in [-0.4, -0.2) is 73.6 Å². The van der Waals surface area contributed by atoms with Crippen molar-refractivity contribution in [2.75, 3.05) is 19.9 Å². The van der Waals surface area contributed by atoms with Crippen LogP contribution in [0.5, 0.6) is 0 Å². The summed E-state index contributed by atoms with van der Waals surface area (Å²) in [6.45, 7) is 3.43. The van der Waals surface area contributed by atoms with Crippen LogP contribution in [0.3, 0.4) is 0 Å². The summed E-state index contributed by atoms with van der Waals surface area (Å²) < 4.78 is 37.9. The molecule has 2 aliphatic rings. The number of hydrogen-bond donors (Lipinski definition) is 4. The Morgan fingerprint density at radius 2 is 1.49 bits per heavy atom. The van der Waals surface area contributed by atoms with Gasteiger partial charge in [-0.05, 0) is 13.8 Å². The van der Waals surface area contributed by atoms with E-state index in [0.29, 0.717) is 5.56 Å². The Kier molecular flexibility index (Phi) is 7.85. The van der Waals surface area contributed by atoms with Crippen LogP contribution in [-0.2, 0) is 23.1 Å². The Labute approximate surface area is 209 Å². The first-order valence-electron chi connectivity index (χ1n) is 11.5. The summed E-state index contributed by atoms with van der Waals surface area (Å²) >= 11 is 0. The molecule has 4 heterocycles. The molecule has 7 atom stereocenters. The lowest BCUT2D eigenvalue weighted by molar-refractivity contribution is -0.0521. The molecule has 1 unspecified atom stereocenters. The second kappa shape index (κ2) is 10.6. The summed E-state index contributed by atoms with van der Waals surface area (Å²) in [5.74, 6) is 0. The van der Waals surface area contributed by atoms with E-state index in [1.54, 1.807) is 0 Å². The molecule has 2 aromatic rings. The zero-order chi connectivity index (χ0) is 27.1. The van der Waals surface area contributed by atoms with Gasteiger partial charge in [0.1, 0.15) is 24.7 Å². The van der Waals surface area contributed by atoms with Crippen LogP contribution in [0.1, 0.15) is 36.4 Å². The summed E-state index contributed by atoms with van der Waals surface area (Å²) in [5.41, 5.74) is -1.88. The topological polar surface area (TPSA) is 204 Å². The molecule has 0 radical (unpaired) electrons. The average Bonchev–Trinajstić information content (AvgIpc) is 3.39. The molecule has 2 saturated heterocycles. The predicted octanol–water partition coefficient (Wildman–Crippen LogP) is -1.14. The fourth-order valence-electron chi connectivity index (χ4n) is 4.27. The summed E-state index contributed by atoms with van der Waals surface area (Å²) in [5, 5.41) is 20.1. The van der Waals surface area contributed by atoms with Gasteiger partial charge in [0.2, 0.25) is 0 Å². The summed E-state index contributed by atoms with van der Waals surface area (Å²) in [7, 11) is -3.78. The number of ether oxygens (including phenoxy) is 2. The van der Waals surface area contributed by atoms with Crippen molar-refractivity contribution in [1.29, 1.82) is 0 Å². The van der Waals surface area contributed by atoms with Crippen LogP contribution >= 0.6 is 7.60 Å². The van der Waals surface area contributed by atoms with Crippen LogP contribution in [0, 0.1) is 13.8 Å². The molecule has 0 spiro atoms. The Bertz CT molecular complexity index is 1430. The first-order chi connectivity index (χ1) is 17.4. The number of hydrogen-bond acceptors (Lipinski definition) is 11. The molecule has 0 bridgehead atoms. The van der Waals surface area contributed by atoms with E-state index in [9.17, 15) is 34.0 Å². The minimum atomic E-state index is -3.78. The van der Waals surface area contributed by atoms with Gasteiger partial charge in [0.15, 0.2) is 0 Å². The molecule has 16 heteroatoms. The molecule has 0 saturated carbocycles. The SMILES string of the molecule is Cc1cn([C@H]2C[C@H](OP(C)(=O)OC[C@H]3O[C@@H](n4cc(C)c(=O)[nH]c4=O)C[C@@H]3O)[C@@H](CO)O2)c(=O)[nH]c1=O. The van der Waals surface area contributed by atoms with Gasteiger partial charge in [0.05, 0.1) is 25.4 Å². The summed E-state index contributed by atoms with van der Waals surface area (Å²) in [6, 6.07) is 0. The predicted molar refractivity (Wildman–Crippen MR) is 127 cm³/mol. The van der Waals surface area contributed by atoms with Crippen molar-refractivity contribution in [3.8, 4) is 0 Å². The second-order valence-electron chi connectivity index (χ2n) is 9.15. The molecule has 2 fully saturated rings. The number of aliphatic hydroxyl groups is 2. The van der Waals surface area contributed by atoms with Crippen molar-refractivity contribution in [3.63, 3.8) is 0 Å². The lowest BCUT2D eigenvalue weighted by atomic mass is 10.2. The summed E-state index contributed by atoms with van der Waals surface area (Å²) in [6.07, 6.45) is -2.84. The van der Waals surface area contributed by atoms with E-state index in [4.69, 9.17) is 18.5 Å². The highest BCUT2D eigenvalue weighted by atomic mass is 31.2. The molecule has 204 valence electrons. The Morgan fingerprint density at radius 1 is 0.973 bits per heavy atom. The van der Waals surface area contributed by atoms with E-state index in [0.717, 1.165) is 9.13 Å². The van der Waals surface area contributed by atoms with Crippen LogP contribution < -0.4 is 22.5 Å². The van der Waals surface area contributed by atoms with Crippen LogP contribution in [0.25, 0.3) is 0 Å². The number of H-pyrrole nitrogens is 2. The Hall–Kier alpha value is -2.65. The molecule has 37 heavy (non-hydrogen) atoms. The Morgan fingerprint density at radius 3 is 2.03 bits per heavy atom. The van der Waals surface area contributed by atoms with Crippen molar-refractivity contribution in [2.45, 2.75) is 63.6 Å². The van der Waals surface area contributed by atoms with Gasteiger partial charge >= 0.3 is 19.0 Å². The van der Waals surface area contributed by atoms with Crippen LogP contribution in [0.2, 0.25) is 0 Å². The van der Waals surface area contributed by atoms with Crippen molar-refractivity contribution in [2.24, 2.45) is 0 Å². The van der Waals surface area contributed by atoms with Crippen molar-refractivity contribution >= 4 is 7.60 Å². The minimum absolute atomic E-state index is 0.0341. The number of aromatic amines is 2. The lowest BCUT2D eigenvalue weighted by Crippen LogP contribution is -2.33. The largest absolute Gasteiger partial charge is 0.394 e. The number of aryl methyl sites for hydroxylation is 2. The van der Waals surface area contributed by atoms with Crippen molar-refractivity contribution in [1.82, 2.24) is 19.1 Å². The van der Waals surface area contributed by atoms with Crippen molar-refractivity contribution in [3.05, 3.63) is 65.2 Å². The average molecular weight is 544 g/mol. The number of rotatable bonds is 8. The zero-order valence-corrected chi connectivity index (χ0v) is 21.3. The van der Waals surface area contributed by atoms with Gasteiger partial charge in [0, 0.05) is 43.0 Å². The third kappa shape index (κ3) is 5.93. The number of aliphatic hydroxyl groups excluding tert-OH is 2. The van der Waals surface area contributed by atoms with Gasteiger partial charge in [-0.1, -0.05) is 0 Å². The zero-order valence-electron chi connectivity index (χ0n) is 20.4. The maximum absolute atomic E-state index is 13.1. The van der Waals surface area contributed by atoms with Crippen LogP contribution in [0.15, 0.2) is 31.6 Å². The monoisotopic (exact) mass is 544 g/mol. The van der Waals surface area contributed by atoms with E-state index >= 15 is 0 Å². The minimum Gasteiger partial charge on any atom is -0.394 e. The van der Waals surface area contributed by atoms with E-state index < -0.39 is 73.6 Å². The molecule has 15 nitrogen and oxygen atoms in total. The van der Waals surface area contributed by atoms with E-state index in [1.165, 1.54) is 32.9 Å². The molecule has 0 amide bonds. The molecule has 4 rings (SSSR count). The third-order valence-corrected chi connectivity index (χ3v) is 7.55. The molecular formula is C21H29N4O11P. The van der Waals surface area contributed by atoms with Gasteiger partial charge in [-0.15, -0.1) is 0 Å². The molecule has 0 aromatic carbocycles. The summed E-state index contributed by atoms with van der Waals surface area (Å²) in [4.78, 5) is 51.9. The van der Waals surface area contributed by atoms with E-state index in [1.807, 2.05) is 0 Å². The quantitative estimate of drug-likeness (QED) is 0.292. The normalized spacial score (nSPS) is 29.4. The fraction of sp³-hybridized carbons (Fsp3) is 0.619. The van der Waals surface area contributed by atoms with Crippen LogP contribution in [0.4, 0.5) is 0 Å². The first-order valence-corrected chi connectivity index (χ1v) is 13.5. The highest BCUT2D eigenvalue weighted by Gasteiger charge is 2.42. The van der Waals surface area contributed by atoms with Gasteiger partial charge in [-0.2, -0.15) is 0 Å². The van der Waals surface area contributed by atoms with Gasteiger partial charge in [0.25, 0.3) is 11.1 Å². The molecule has 2 aromatic heterocycles. The maximum Gasteiger partial charge on any atom is 0.330 e. The highest BCUT2D eigenvalue weighted by molar-refractivity contribution is 7.53. The third-order valence-electron chi connectivity index (χ3n) is 6.28. The van der Waals surface area contributed by atoms with Gasteiger partial charge < -0.3 is 28.7 Å². The Balaban J connectivity index is 1.39. The second-order valence-corrected chi connectivity index (χ2v) is 11.2. The molecule has 0 aliphatic carbocycles. The van der Waals surface area contributed by atoms with Gasteiger partial charge in [-0.25, -0.2) is 9.59 Å². The maximum atomic E-state index is 13.1. The molecular weight excluding hydrogens is 515 g/mol. The van der Waals surface area contributed by atoms with E-state index in [2.05, 4.69) is 9.97 Å². The first kappa shape index (κ1) is 27.4. The fourth-order valence-corrected chi connectivity index (χ4v) is 5.46. The number of nitrogens with one attached hydrogen (secondary N) is 2. The van der Waals surface area contributed by atoms with Crippen molar-refractivity contribution < 1.29 is 33.3 Å². The molecule has 4 N–H and O–H groups in total. The lowest BCUT2D eigenvalue weighted by Gasteiger charge is -2.23. The van der Waals surface area contributed by atoms with E-state index in [-0.39, 0.29) is 25.0 Å². The van der Waals surface area contributed by atoms with Gasteiger partial charge in [-0.3, -0.25) is 33.3 Å². The standard InChI is InChI=1S/C21H29N4O11P/c1-10-6-24(20(30)22-18(10)28)16-4-12(27)15(35-16)9-33-37(3,32)36-13-5-17(34-14(13)8-26)25-7-11(2)19(29)23-21(25)31/h6-7,12-17,26-27H,4-5,8-9H2,1-3H3,(H,22,28,30)(H,23,29,31)/t12-,13-,14+,15+,16+,17+,37?/m0/s1.